The largest absolute Gasteiger partial charge is 0.491 e. The molecule has 0 bridgehead atoms. The quantitative estimate of drug-likeness (QED) is 0.780. The summed E-state index contributed by atoms with van der Waals surface area (Å²) in [5, 5.41) is 2.91. The highest BCUT2D eigenvalue weighted by atomic mass is 16.5. The lowest BCUT2D eigenvalue weighted by molar-refractivity contribution is -0.122. The summed E-state index contributed by atoms with van der Waals surface area (Å²) in [6.45, 7) is 9.88. The van der Waals surface area contributed by atoms with Crippen molar-refractivity contribution in [3.8, 4) is 11.5 Å². The zero-order valence-electron chi connectivity index (χ0n) is 15.6. The second kappa shape index (κ2) is 8.56. The molecule has 4 heteroatoms. The van der Waals surface area contributed by atoms with E-state index in [9.17, 15) is 4.79 Å². The van der Waals surface area contributed by atoms with Crippen LogP contribution in [0.5, 0.6) is 11.5 Å². The molecule has 0 saturated heterocycles. The molecule has 0 fully saturated rings. The predicted octanol–water partition coefficient (Wildman–Crippen LogP) is 4.89. The van der Waals surface area contributed by atoms with Crippen LogP contribution >= 0.6 is 0 Å². The van der Waals surface area contributed by atoms with Gasteiger partial charge in [0, 0.05) is 5.69 Å². The molecule has 0 radical (unpaired) electrons. The van der Waals surface area contributed by atoms with E-state index in [1.54, 1.807) is 0 Å². The summed E-state index contributed by atoms with van der Waals surface area (Å²) < 4.78 is 11.6. The molecule has 4 nitrogen and oxygen atoms in total. The summed E-state index contributed by atoms with van der Waals surface area (Å²) in [6, 6.07) is 13.4. The first-order chi connectivity index (χ1) is 11.9. The number of anilines is 1. The summed E-state index contributed by atoms with van der Waals surface area (Å²) in [6.07, 6.45) is 0.177. The zero-order chi connectivity index (χ0) is 18.4. The lowest BCUT2D eigenvalue weighted by Gasteiger charge is -2.19. The molecule has 1 atom stereocenters. The molecular formula is C21H27NO3. The SMILES string of the molecule is CC[C@H](Oc1cc(C)ccc1C)C(=O)Nc1ccc(OC(C)C)cc1. The Morgan fingerprint density at radius 1 is 1.04 bits per heavy atom. The van der Waals surface area contributed by atoms with Crippen LogP contribution in [0, 0.1) is 13.8 Å². The monoisotopic (exact) mass is 341 g/mol. The first-order valence-corrected chi connectivity index (χ1v) is 8.70. The van der Waals surface area contributed by atoms with Crippen LogP contribution in [0.3, 0.4) is 0 Å². The van der Waals surface area contributed by atoms with Gasteiger partial charge in [-0.25, -0.2) is 0 Å². The third-order valence-corrected chi connectivity index (χ3v) is 3.77. The number of ether oxygens (including phenoxy) is 2. The second-order valence-corrected chi connectivity index (χ2v) is 6.46. The molecule has 0 heterocycles. The Hall–Kier alpha value is -2.49. The van der Waals surface area contributed by atoms with E-state index in [4.69, 9.17) is 9.47 Å². The highest BCUT2D eigenvalue weighted by Gasteiger charge is 2.19. The van der Waals surface area contributed by atoms with Gasteiger partial charge >= 0.3 is 0 Å². The molecule has 2 aromatic carbocycles. The molecule has 1 amide bonds. The molecule has 0 aliphatic heterocycles. The predicted molar refractivity (Wildman–Crippen MR) is 101 cm³/mol. The number of nitrogens with one attached hydrogen (secondary N) is 1. The van der Waals surface area contributed by atoms with Crippen molar-refractivity contribution in [2.45, 2.75) is 53.2 Å². The van der Waals surface area contributed by atoms with Crippen LogP contribution in [-0.4, -0.2) is 18.1 Å². The molecular weight excluding hydrogens is 314 g/mol. The van der Waals surface area contributed by atoms with Crippen LogP contribution < -0.4 is 14.8 Å². The van der Waals surface area contributed by atoms with Crippen molar-refractivity contribution in [2.75, 3.05) is 5.32 Å². The average Bonchev–Trinajstić information content (AvgIpc) is 2.56. The smallest absolute Gasteiger partial charge is 0.265 e. The lowest BCUT2D eigenvalue weighted by atomic mass is 10.1. The topological polar surface area (TPSA) is 47.6 Å². The van der Waals surface area contributed by atoms with Crippen molar-refractivity contribution >= 4 is 11.6 Å². The standard InChI is InChI=1S/C21H27NO3/c1-6-19(25-20-13-15(4)7-8-16(20)5)21(23)22-17-9-11-18(12-10-17)24-14(2)3/h7-14,19H,6H2,1-5H3,(H,22,23)/t19-/m0/s1. The first kappa shape index (κ1) is 18.8. The maximum atomic E-state index is 12.5. The van der Waals surface area contributed by atoms with E-state index in [2.05, 4.69) is 5.32 Å². The Bertz CT molecular complexity index is 708. The number of aryl methyl sites for hydroxylation is 2. The molecule has 0 aliphatic rings. The third kappa shape index (κ3) is 5.52. The van der Waals surface area contributed by atoms with Gasteiger partial charge < -0.3 is 14.8 Å². The lowest BCUT2D eigenvalue weighted by Crippen LogP contribution is -2.32. The number of rotatable bonds is 7. The normalized spacial score (nSPS) is 11.9. The van der Waals surface area contributed by atoms with Gasteiger partial charge in [-0.1, -0.05) is 19.1 Å². The van der Waals surface area contributed by atoms with Gasteiger partial charge in [0.2, 0.25) is 0 Å². The highest BCUT2D eigenvalue weighted by molar-refractivity contribution is 5.94. The van der Waals surface area contributed by atoms with E-state index in [1.807, 2.05) is 77.1 Å². The molecule has 1 N–H and O–H groups in total. The van der Waals surface area contributed by atoms with E-state index < -0.39 is 6.10 Å². The van der Waals surface area contributed by atoms with E-state index in [0.29, 0.717) is 6.42 Å². The van der Waals surface area contributed by atoms with E-state index in [0.717, 1.165) is 28.3 Å². The highest BCUT2D eigenvalue weighted by Crippen LogP contribution is 2.22. The fraction of sp³-hybridized carbons (Fsp3) is 0.381. The van der Waals surface area contributed by atoms with Crippen LogP contribution in [0.15, 0.2) is 42.5 Å². The van der Waals surface area contributed by atoms with Gasteiger partial charge in [-0.05, 0) is 75.6 Å². The number of amides is 1. The van der Waals surface area contributed by atoms with Crippen LogP contribution in [-0.2, 0) is 4.79 Å². The fourth-order valence-corrected chi connectivity index (χ4v) is 2.42. The number of hydrogen-bond donors (Lipinski definition) is 1. The summed E-state index contributed by atoms with van der Waals surface area (Å²) in [4.78, 5) is 12.5. The number of benzene rings is 2. The Balaban J connectivity index is 2.03. The molecule has 0 aromatic heterocycles. The summed E-state index contributed by atoms with van der Waals surface area (Å²) in [5.74, 6) is 1.38. The minimum absolute atomic E-state index is 0.121. The van der Waals surface area contributed by atoms with Crippen molar-refractivity contribution in [2.24, 2.45) is 0 Å². The van der Waals surface area contributed by atoms with E-state index in [1.165, 1.54) is 0 Å². The maximum Gasteiger partial charge on any atom is 0.265 e. The van der Waals surface area contributed by atoms with Crippen LogP contribution in [0.25, 0.3) is 0 Å². The molecule has 0 spiro atoms. The van der Waals surface area contributed by atoms with Gasteiger partial charge in [0.25, 0.3) is 5.91 Å². The van der Waals surface area contributed by atoms with Crippen LogP contribution in [0.2, 0.25) is 0 Å². The third-order valence-electron chi connectivity index (χ3n) is 3.77. The summed E-state index contributed by atoms with van der Waals surface area (Å²) >= 11 is 0. The molecule has 134 valence electrons. The number of carbonyl (C=O) groups excluding carboxylic acids is 1. The minimum Gasteiger partial charge on any atom is -0.491 e. The molecule has 2 aromatic rings. The Morgan fingerprint density at radius 3 is 2.32 bits per heavy atom. The minimum atomic E-state index is -0.535. The van der Waals surface area contributed by atoms with Gasteiger partial charge in [0.05, 0.1) is 6.10 Å². The number of hydrogen-bond acceptors (Lipinski definition) is 3. The molecule has 2 rings (SSSR count). The van der Waals surface area contributed by atoms with Crippen molar-refractivity contribution in [3.63, 3.8) is 0 Å². The average molecular weight is 341 g/mol. The first-order valence-electron chi connectivity index (χ1n) is 8.70. The van der Waals surface area contributed by atoms with Crippen molar-refractivity contribution in [1.82, 2.24) is 0 Å². The van der Waals surface area contributed by atoms with Crippen molar-refractivity contribution < 1.29 is 14.3 Å². The van der Waals surface area contributed by atoms with E-state index >= 15 is 0 Å². The molecule has 0 aliphatic carbocycles. The van der Waals surface area contributed by atoms with Crippen molar-refractivity contribution in [1.29, 1.82) is 0 Å². The molecule has 25 heavy (non-hydrogen) atoms. The Labute approximate surface area is 150 Å². The summed E-state index contributed by atoms with van der Waals surface area (Å²) in [7, 11) is 0. The van der Waals surface area contributed by atoms with Gasteiger partial charge in [-0.3, -0.25) is 4.79 Å². The second-order valence-electron chi connectivity index (χ2n) is 6.46. The van der Waals surface area contributed by atoms with E-state index in [-0.39, 0.29) is 12.0 Å². The number of carbonyl (C=O) groups is 1. The zero-order valence-corrected chi connectivity index (χ0v) is 15.6. The Morgan fingerprint density at radius 2 is 1.72 bits per heavy atom. The van der Waals surface area contributed by atoms with Gasteiger partial charge in [0.15, 0.2) is 6.10 Å². The van der Waals surface area contributed by atoms with Crippen LogP contribution in [0.4, 0.5) is 5.69 Å². The van der Waals surface area contributed by atoms with Crippen molar-refractivity contribution in [3.05, 3.63) is 53.6 Å². The maximum absolute atomic E-state index is 12.5. The fourth-order valence-electron chi connectivity index (χ4n) is 2.42. The molecule has 0 unspecified atom stereocenters. The van der Waals surface area contributed by atoms with Crippen LogP contribution in [0.1, 0.15) is 38.3 Å². The van der Waals surface area contributed by atoms with Gasteiger partial charge in [-0.2, -0.15) is 0 Å². The Kier molecular flexibility index (Phi) is 6.45. The summed E-state index contributed by atoms with van der Waals surface area (Å²) in [5.41, 5.74) is 2.85. The van der Waals surface area contributed by atoms with Gasteiger partial charge in [0.1, 0.15) is 11.5 Å². The van der Waals surface area contributed by atoms with Gasteiger partial charge in [-0.15, -0.1) is 0 Å². The molecule has 0 saturated carbocycles.